The van der Waals surface area contributed by atoms with Crippen molar-refractivity contribution in [3.63, 3.8) is 0 Å². The average Bonchev–Trinajstić information content (AvgIpc) is 2.77. The molecule has 1 aromatic carbocycles. The number of ether oxygens (including phenoxy) is 1. The molecule has 0 fully saturated rings. The van der Waals surface area contributed by atoms with Crippen molar-refractivity contribution in [3.8, 4) is 17.1 Å². The lowest BCUT2D eigenvalue weighted by molar-refractivity contribution is 0.317. The Morgan fingerprint density at radius 2 is 1.69 bits per heavy atom. The predicted molar refractivity (Wildman–Crippen MR) is 121 cm³/mol. The Morgan fingerprint density at radius 3 is 2.45 bits per heavy atom. The fourth-order valence-electron chi connectivity index (χ4n) is 4.28. The van der Waals surface area contributed by atoms with Crippen molar-refractivity contribution >= 4 is 0 Å². The molecule has 0 aliphatic heterocycles. The third kappa shape index (κ3) is 6.83. The summed E-state index contributed by atoms with van der Waals surface area (Å²) in [6, 6.07) is 8.18. The van der Waals surface area contributed by atoms with Gasteiger partial charge in [0.15, 0.2) is 5.82 Å². The molecule has 29 heavy (non-hydrogen) atoms. The van der Waals surface area contributed by atoms with E-state index in [1.807, 2.05) is 12.1 Å². The van der Waals surface area contributed by atoms with Gasteiger partial charge in [0, 0.05) is 17.5 Å². The zero-order chi connectivity index (χ0) is 20.3. The van der Waals surface area contributed by atoms with Gasteiger partial charge in [-0.25, -0.2) is 9.97 Å². The number of unbranched alkanes of at least 4 members (excludes halogenated alkanes) is 6. The molecule has 3 nitrogen and oxygen atoms in total. The van der Waals surface area contributed by atoms with Gasteiger partial charge in [-0.15, -0.1) is 0 Å². The Bertz CT molecular complexity index is 726. The molecule has 0 bridgehead atoms. The van der Waals surface area contributed by atoms with Crippen molar-refractivity contribution in [1.82, 2.24) is 9.97 Å². The summed E-state index contributed by atoms with van der Waals surface area (Å²) >= 11 is 0. The Morgan fingerprint density at radius 1 is 0.931 bits per heavy atom. The van der Waals surface area contributed by atoms with Crippen molar-refractivity contribution in [1.29, 1.82) is 0 Å². The Kier molecular flexibility index (Phi) is 8.98. The highest BCUT2D eigenvalue weighted by molar-refractivity contribution is 5.56. The van der Waals surface area contributed by atoms with E-state index < -0.39 is 0 Å². The highest BCUT2D eigenvalue weighted by atomic mass is 16.5. The van der Waals surface area contributed by atoms with E-state index >= 15 is 0 Å². The molecule has 1 unspecified atom stereocenters. The third-order valence-electron chi connectivity index (χ3n) is 6.05. The summed E-state index contributed by atoms with van der Waals surface area (Å²) in [4.78, 5) is 9.57. The van der Waals surface area contributed by atoms with Crippen LogP contribution in [0.3, 0.4) is 0 Å². The number of nitrogens with zero attached hydrogens (tertiary/aromatic N) is 2. The lowest BCUT2D eigenvalue weighted by Gasteiger charge is -2.24. The van der Waals surface area contributed by atoms with E-state index in [1.54, 1.807) is 0 Å². The first-order valence-electron chi connectivity index (χ1n) is 11.9. The molecule has 0 saturated carbocycles. The first kappa shape index (κ1) is 21.8. The van der Waals surface area contributed by atoms with Gasteiger partial charge in [0.1, 0.15) is 5.75 Å². The molecule has 0 spiro atoms. The minimum absolute atomic E-state index is 0.759. The fourth-order valence-corrected chi connectivity index (χ4v) is 4.28. The summed E-state index contributed by atoms with van der Waals surface area (Å²) in [5, 5.41) is 0. The van der Waals surface area contributed by atoms with E-state index in [0.29, 0.717) is 0 Å². The second-order valence-corrected chi connectivity index (χ2v) is 8.56. The fraction of sp³-hybridized carbons (Fsp3) is 0.615. The zero-order valence-corrected chi connectivity index (χ0v) is 18.5. The van der Waals surface area contributed by atoms with Crippen LogP contribution in [0.25, 0.3) is 11.4 Å². The summed E-state index contributed by atoms with van der Waals surface area (Å²) in [5.74, 6) is 2.58. The van der Waals surface area contributed by atoms with Crippen LogP contribution in [0.1, 0.15) is 89.3 Å². The van der Waals surface area contributed by atoms with E-state index in [4.69, 9.17) is 9.72 Å². The first-order chi connectivity index (χ1) is 14.3. The standard InChI is InChI=1S/C26H38N2O/c1-3-5-6-7-8-9-10-11-21-12-17-25-23(19-21)20-27-26(28-25)22-13-15-24(16-14-22)29-18-4-2/h13-16,20-21H,3-12,17-19H2,1-2H3. The SMILES string of the molecule is CCCCCCCCCC1CCc2nc(-c3ccc(OCCC)cc3)ncc2C1. The summed E-state index contributed by atoms with van der Waals surface area (Å²) in [6.07, 6.45) is 17.8. The predicted octanol–water partition coefficient (Wildman–Crippen LogP) is 7.18. The van der Waals surface area contributed by atoms with E-state index in [2.05, 4.69) is 37.2 Å². The molecule has 0 radical (unpaired) electrons. The van der Waals surface area contributed by atoms with Gasteiger partial charge in [0.2, 0.25) is 0 Å². The second-order valence-electron chi connectivity index (χ2n) is 8.56. The van der Waals surface area contributed by atoms with Crippen LogP contribution in [0.15, 0.2) is 30.5 Å². The molecule has 0 saturated heterocycles. The Hall–Kier alpha value is -1.90. The van der Waals surface area contributed by atoms with Crippen LogP contribution in [-0.4, -0.2) is 16.6 Å². The van der Waals surface area contributed by atoms with Crippen LogP contribution in [0.5, 0.6) is 5.75 Å². The molecule has 1 aliphatic carbocycles. The number of aromatic nitrogens is 2. The van der Waals surface area contributed by atoms with Gasteiger partial charge < -0.3 is 4.74 Å². The third-order valence-corrected chi connectivity index (χ3v) is 6.05. The molecule has 2 aromatic rings. The molecular weight excluding hydrogens is 356 g/mol. The molecule has 3 rings (SSSR count). The van der Waals surface area contributed by atoms with Gasteiger partial charge in [-0.1, -0.05) is 65.2 Å². The maximum Gasteiger partial charge on any atom is 0.159 e. The topological polar surface area (TPSA) is 35.0 Å². The average molecular weight is 395 g/mol. The van der Waals surface area contributed by atoms with Gasteiger partial charge in [-0.3, -0.25) is 0 Å². The highest BCUT2D eigenvalue weighted by Crippen LogP contribution is 2.29. The van der Waals surface area contributed by atoms with E-state index in [0.717, 1.165) is 48.9 Å². The van der Waals surface area contributed by atoms with Crippen LogP contribution in [0, 0.1) is 5.92 Å². The van der Waals surface area contributed by atoms with Crippen molar-refractivity contribution < 1.29 is 4.74 Å². The summed E-state index contributed by atoms with van der Waals surface area (Å²) in [5.41, 5.74) is 3.70. The summed E-state index contributed by atoms with van der Waals surface area (Å²) in [6.45, 7) is 5.16. The molecule has 158 valence electrons. The lowest BCUT2D eigenvalue weighted by atomic mass is 9.84. The van der Waals surface area contributed by atoms with Crippen LogP contribution < -0.4 is 4.74 Å². The normalized spacial score (nSPS) is 15.9. The smallest absolute Gasteiger partial charge is 0.159 e. The minimum Gasteiger partial charge on any atom is -0.494 e. The molecule has 1 aromatic heterocycles. The van der Waals surface area contributed by atoms with Gasteiger partial charge in [-0.2, -0.15) is 0 Å². The number of benzene rings is 1. The Balaban J connectivity index is 1.48. The van der Waals surface area contributed by atoms with Crippen LogP contribution in [0.4, 0.5) is 0 Å². The second kappa shape index (κ2) is 11.9. The summed E-state index contributed by atoms with van der Waals surface area (Å²) in [7, 11) is 0. The van der Waals surface area contributed by atoms with E-state index in [9.17, 15) is 0 Å². The van der Waals surface area contributed by atoms with Crippen molar-refractivity contribution in [2.24, 2.45) is 5.92 Å². The van der Waals surface area contributed by atoms with Crippen LogP contribution >= 0.6 is 0 Å². The number of hydrogen-bond acceptors (Lipinski definition) is 3. The molecule has 3 heteroatoms. The zero-order valence-electron chi connectivity index (χ0n) is 18.5. The monoisotopic (exact) mass is 394 g/mol. The van der Waals surface area contributed by atoms with Crippen molar-refractivity contribution in [2.75, 3.05) is 6.61 Å². The number of hydrogen-bond donors (Lipinski definition) is 0. The molecule has 1 aliphatic rings. The van der Waals surface area contributed by atoms with E-state index in [-0.39, 0.29) is 0 Å². The molecule has 1 heterocycles. The van der Waals surface area contributed by atoms with E-state index in [1.165, 1.54) is 69.0 Å². The lowest BCUT2D eigenvalue weighted by Crippen LogP contribution is -2.16. The van der Waals surface area contributed by atoms with Crippen molar-refractivity contribution in [3.05, 3.63) is 41.7 Å². The largest absolute Gasteiger partial charge is 0.494 e. The number of aryl methyl sites for hydroxylation is 1. The number of fused-ring (bicyclic) bond motifs is 1. The van der Waals surface area contributed by atoms with Gasteiger partial charge in [-0.05, 0) is 61.4 Å². The first-order valence-corrected chi connectivity index (χ1v) is 11.9. The molecule has 1 atom stereocenters. The quantitative estimate of drug-likeness (QED) is 0.358. The number of rotatable bonds is 12. The van der Waals surface area contributed by atoms with Gasteiger partial charge >= 0.3 is 0 Å². The maximum absolute atomic E-state index is 5.67. The maximum atomic E-state index is 5.67. The Labute approximate surface area is 177 Å². The van der Waals surface area contributed by atoms with Crippen LogP contribution in [0.2, 0.25) is 0 Å². The van der Waals surface area contributed by atoms with Gasteiger partial charge in [0.05, 0.1) is 6.61 Å². The van der Waals surface area contributed by atoms with Gasteiger partial charge in [0.25, 0.3) is 0 Å². The molecular formula is C26H38N2O. The molecule has 0 N–H and O–H groups in total. The molecule has 0 amide bonds. The highest BCUT2D eigenvalue weighted by Gasteiger charge is 2.20. The van der Waals surface area contributed by atoms with Crippen molar-refractivity contribution in [2.45, 2.75) is 90.9 Å². The van der Waals surface area contributed by atoms with Crippen LogP contribution in [-0.2, 0) is 12.8 Å². The minimum atomic E-state index is 0.759. The summed E-state index contributed by atoms with van der Waals surface area (Å²) < 4.78 is 5.67.